The normalized spacial score (nSPS) is 24.3. The van der Waals surface area contributed by atoms with Crippen molar-refractivity contribution in [2.75, 3.05) is 0 Å². The zero-order valence-electron chi connectivity index (χ0n) is 19.1. The maximum absolute atomic E-state index is 12.3. The van der Waals surface area contributed by atoms with E-state index in [1.165, 1.54) is 57.8 Å². The Hall–Kier alpha value is -0.840. The summed E-state index contributed by atoms with van der Waals surface area (Å²) < 4.78 is 0. The number of carbonyl (C=O) groups is 1. The van der Waals surface area contributed by atoms with Crippen molar-refractivity contribution in [3.05, 3.63) is 0 Å². The van der Waals surface area contributed by atoms with Crippen LogP contribution in [0.25, 0.3) is 0 Å². The minimum Gasteiger partial charge on any atom is -0.393 e. The third-order valence-corrected chi connectivity index (χ3v) is 5.47. The number of hydrogen-bond donors (Lipinski definition) is 3. The van der Waals surface area contributed by atoms with Crippen molar-refractivity contribution in [3.8, 4) is 0 Å². The lowest BCUT2D eigenvalue weighted by molar-refractivity contribution is 0.117. The lowest BCUT2D eigenvalue weighted by Gasteiger charge is -2.27. The van der Waals surface area contributed by atoms with Crippen LogP contribution in [0.3, 0.4) is 0 Å². The lowest BCUT2D eigenvalue weighted by Crippen LogP contribution is -2.47. The number of amides is 2. The van der Waals surface area contributed by atoms with Crippen molar-refractivity contribution in [2.45, 2.75) is 142 Å². The van der Waals surface area contributed by atoms with Crippen LogP contribution in [0.4, 0.5) is 9.50 Å². The molecule has 2 aliphatic carbocycles. The lowest BCUT2D eigenvalue weighted by atomic mass is 9.93. The van der Waals surface area contributed by atoms with Crippen molar-refractivity contribution < 1.29 is 17.5 Å². The molecule has 0 atom stereocenters. The van der Waals surface area contributed by atoms with Gasteiger partial charge in [-0.3, -0.25) is 4.70 Å². The van der Waals surface area contributed by atoms with E-state index in [2.05, 4.69) is 10.6 Å². The maximum atomic E-state index is 12.3. The van der Waals surface area contributed by atoms with E-state index in [0.29, 0.717) is 6.04 Å². The van der Waals surface area contributed by atoms with Gasteiger partial charge in [-0.25, -0.2) is 4.79 Å². The number of hydrogen-bond acceptors (Lipinski definition) is 2. The van der Waals surface area contributed by atoms with Crippen LogP contribution in [0.5, 0.6) is 0 Å². The second-order valence-electron chi connectivity index (χ2n) is 7.58. The molecule has 0 saturated heterocycles. The second-order valence-corrected chi connectivity index (χ2v) is 7.58. The zero-order valence-corrected chi connectivity index (χ0v) is 19.1. The van der Waals surface area contributed by atoms with Crippen molar-refractivity contribution in [2.24, 2.45) is 0 Å². The SMILES string of the molecule is CC.CC.F.O=C(NC1CCCCCCCCCCC1)NC1CCC(O)CC1.[HH].[HH]. The molecule has 28 heavy (non-hydrogen) atoms. The number of urea groups is 1. The third-order valence-electron chi connectivity index (χ3n) is 5.47. The van der Waals surface area contributed by atoms with Crippen molar-refractivity contribution in [3.63, 3.8) is 0 Å². The fourth-order valence-electron chi connectivity index (χ4n) is 3.94. The van der Waals surface area contributed by atoms with Crippen molar-refractivity contribution >= 4 is 6.03 Å². The molecule has 3 N–H and O–H groups in total. The van der Waals surface area contributed by atoms with Gasteiger partial charge in [0.25, 0.3) is 0 Å². The Morgan fingerprint density at radius 1 is 0.643 bits per heavy atom. The summed E-state index contributed by atoms with van der Waals surface area (Å²) >= 11 is 0. The zero-order chi connectivity index (χ0) is 20.3. The van der Waals surface area contributed by atoms with Crippen LogP contribution in [0.15, 0.2) is 0 Å². The highest BCUT2D eigenvalue weighted by Gasteiger charge is 2.21. The number of carbonyl (C=O) groups excluding carboxylic acids is 1. The summed E-state index contributed by atoms with van der Waals surface area (Å²) in [5.74, 6) is 0. The van der Waals surface area contributed by atoms with Crippen molar-refractivity contribution in [1.82, 2.24) is 10.6 Å². The van der Waals surface area contributed by atoms with E-state index in [4.69, 9.17) is 0 Å². The number of aliphatic hydroxyl groups excluding tert-OH is 1. The molecule has 0 aromatic heterocycles. The number of aliphatic hydroxyl groups is 1. The molecule has 0 aromatic carbocycles. The Morgan fingerprint density at radius 3 is 1.36 bits per heavy atom. The van der Waals surface area contributed by atoms with Gasteiger partial charge in [0, 0.05) is 14.9 Å². The Labute approximate surface area is 177 Å². The highest BCUT2D eigenvalue weighted by Crippen LogP contribution is 2.19. The Bertz CT molecular complexity index is 333. The summed E-state index contributed by atoms with van der Waals surface area (Å²) in [7, 11) is 0. The number of rotatable bonds is 2. The first-order valence-corrected chi connectivity index (χ1v) is 12.0. The average molecular weight is 409 g/mol. The summed E-state index contributed by atoms with van der Waals surface area (Å²) in [6.45, 7) is 8.00. The predicted molar refractivity (Wildman–Crippen MR) is 124 cm³/mol. The smallest absolute Gasteiger partial charge is 0.315 e. The molecule has 5 heteroatoms. The fraction of sp³-hybridized carbons (Fsp3) is 0.957. The summed E-state index contributed by atoms with van der Waals surface area (Å²) in [5.41, 5.74) is 0. The van der Waals surface area contributed by atoms with Crippen LogP contribution in [-0.2, 0) is 0 Å². The van der Waals surface area contributed by atoms with Gasteiger partial charge >= 0.3 is 6.03 Å². The van der Waals surface area contributed by atoms with E-state index in [1.807, 2.05) is 27.7 Å². The van der Waals surface area contributed by atoms with E-state index in [0.717, 1.165) is 38.5 Å². The van der Waals surface area contributed by atoms with Gasteiger partial charge in [-0.05, 0) is 38.5 Å². The molecule has 0 bridgehead atoms. The van der Waals surface area contributed by atoms with Crippen LogP contribution in [-0.4, -0.2) is 29.3 Å². The van der Waals surface area contributed by atoms with Gasteiger partial charge in [0.05, 0.1) is 6.10 Å². The largest absolute Gasteiger partial charge is 0.393 e. The molecule has 4 nitrogen and oxygen atoms in total. The molecule has 2 saturated carbocycles. The molecule has 0 spiro atoms. The topological polar surface area (TPSA) is 61.4 Å². The molecule has 2 fully saturated rings. The molecule has 0 radical (unpaired) electrons. The molecular weight excluding hydrogens is 355 g/mol. The Morgan fingerprint density at radius 2 is 0.964 bits per heavy atom. The second kappa shape index (κ2) is 20.9. The van der Waals surface area contributed by atoms with Gasteiger partial charge < -0.3 is 15.7 Å². The molecule has 0 heterocycles. The highest BCUT2D eigenvalue weighted by atomic mass is 19.0. The molecule has 174 valence electrons. The first-order valence-electron chi connectivity index (χ1n) is 12.0. The predicted octanol–water partition coefficient (Wildman–Crippen LogP) is 6.96. The van der Waals surface area contributed by atoms with Gasteiger partial charge in [0.15, 0.2) is 0 Å². The summed E-state index contributed by atoms with van der Waals surface area (Å²) in [6, 6.07) is 0.580. The Balaban J connectivity index is -0.000000455. The van der Waals surface area contributed by atoms with Gasteiger partial charge in [-0.2, -0.15) is 0 Å². The fourth-order valence-corrected chi connectivity index (χ4v) is 3.94. The van der Waals surface area contributed by atoms with E-state index in [1.54, 1.807) is 0 Å². The molecule has 2 rings (SSSR count). The molecule has 2 aliphatic rings. The van der Waals surface area contributed by atoms with Crippen LogP contribution >= 0.6 is 0 Å². The summed E-state index contributed by atoms with van der Waals surface area (Å²) in [4.78, 5) is 12.3. The van der Waals surface area contributed by atoms with E-state index >= 15 is 0 Å². The first kappa shape index (κ1) is 29.4. The average Bonchev–Trinajstić information content (AvgIpc) is 2.69. The van der Waals surface area contributed by atoms with E-state index in [-0.39, 0.29) is 25.7 Å². The number of halogens is 1. The summed E-state index contributed by atoms with van der Waals surface area (Å²) in [5, 5.41) is 15.9. The van der Waals surface area contributed by atoms with Gasteiger partial charge in [-0.1, -0.05) is 85.5 Å². The minimum absolute atomic E-state index is 0. The third kappa shape index (κ3) is 15.1. The minimum atomic E-state index is -0.164. The standard InChI is InChI=1S/C19H36N2O2.2C2H6.FH.2H2/c22-18-14-12-17(13-15-18)21-19(23)20-16-10-8-6-4-2-1-3-5-7-9-11-16;2*1-2;;;/h16-18,22H,1-15H2,(H2,20,21,23);2*1-2H3;3*1H. The van der Waals surface area contributed by atoms with E-state index in [9.17, 15) is 9.90 Å². The van der Waals surface area contributed by atoms with Crippen LogP contribution in [0, 0.1) is 0 Å². The quantitative estimate of drug-likeness (QED) is 0.462. The molecule has 0 unspecified atom stereocenters. The molecule has 2 amide bonds. The van der Waals surface area contributed by atoms with Gasteiger partial charge in [-0.15, -0.1) is 0 Å². The molecular formula is C23H53FN2O2. The first-order chi connectivity index (χ1) is 13.2. The molecule has 0 aromatic rings. The van der Waals surface area contributed by atoms with Gasteiger partial charge in [0.2, 0.25) is 0 Å². The summed E-state index contributed by atoms with van der Waals surface area (Å²) in [6.07, 6.45) is 17.5. The van der Waals surface area contributed by atoms with Gasteiger partial charge in [0.1, 0.15) is 0 Å². The monoisotopic (exact) mass is 408 g/mol. The van der Waals surface area contributed by atoms with Crippen LogP contribution in [0.2, 0.25) is 0 Å². The van der Waals surface area contributed by atoms with Crippen LogP contribution < -0.4 is 10.6 Å². The maximum Gasteiger partial charge on any atom is 0.315 e. The van der Waals surface area contributed by atoms with Crippen molar-refractivity contribution in [1.29, 1.82) is 0 Å². The molecule has 0 aliphatic heterocycles. The Kier molecular flexibility index (Phi) is 21.9. The highest BCUT2D eigenvalue weighted by molar-refractivity contribution is 5.74. The van der Waals surface area contributed by atoms with Crippen LogP contribution in [0.1, 0.15) is 127 Å². The number of nitrogens with one attached hydrogen (secondary N) is 2. The van der Waals surface area contributed by atoms with E-state index < -0.39 is 0 Å².